The van der Waals surface area contributed by atoms with Crippen molar-refractivity contribution in [3.63, 3.8) is 0 Å². The van der Waals surface area contributed by atoms with Crippen LogP contribution in [-0.4, -0.2) is 27.3 Å². The fraction of sp³-hybridized carbons (Fsp3) is 0.222. The second-order valence-electron chi connectivity index (χ2n) is 3.10. The molecule has 1 unspecified atom stereocenters. The van der Waals surface area contributed by atoms with Gasteiger partial charge in [0.05, 0.1) is 11.6 Å². The lowest BCUT2D eigenvalue weighted by molar-refractivity contribution is -0.137. The number of fused-ring (bicyclic) bond motifs is 1. The van der Waals surface area contributed by atoms with Gasteiger partial charge in [-0.2, -0.15) is 0 Å². The summed E-state index contributed by atoms with van der Waals surface area (Å²) in [7, 11) is 0. The number of carbonyl (C=O) groups is 1. The molecule has 15 heavy (non-hydrogen) atoms. The number of hydrogen-bond acceptors (Lipinski definition) is 5. The molecule has 0 saturated heterocycles. The second-order valence-corrected chi connectivity index (χ2v) is 3.10. The number of carboxylic acids is 1. The van der Waals surface area contributed by atoms with Gasteiger partial charge in [0.25, 0.3) is 0 Å². The van der Waals surface area contributed by atoms with Gasteiger partial charge in [0.1, 0.15) is 11.9 Å². The number of aromatic nitrogens is 2. The first-order valence-corrected chi connectivity index (χ1v) is 4.37. The van der Waals surface area contributed by atoms with Gasteiger partial charge >= 0.3 is 5.97 Å². The Morgan fingerprint density at radius 1 is 1.67 bits per heavy atom. The van der Waals surface area contributed by atoms with E-state index in [1.807, 2.05) is 0 Å². The quantitative estimate of drug-likeness (QED) is 0.783. The first-order chi connectivity index (χ1) is 7.18. The van der Waals surface area contributed by atoms with E-state index >= 15 is 0 Å². The fourth-order valence-electron chi connectivity index (χ4n) is 1.18. The predicted molar refractivity (Wildman–Crippen MR) is 52.5 cm³/mol. The van der Waals surface area contributed by atoms with Crippen molar-refractivity contribution >= 4 is 22.8 Å². The molecule has 2 N–H and O–H groups in total. The molecule has 0 bridgehead atoms. The number of aliphatic carboxylic acids is 1. The Kier molecular flexibility index (Phi) is 2.24. The highest BCUT2D eigenvalue weighted by atomic mass is 16.5. The van der Waals surface area contributed by atoms with Crippen LogP contribution in [0.4, 0.5) is 5.82 Å². The molecular weight excluding hydrogens is 198 g/mol. The molecule has 0 aliphatic rings. The smallest absolute Gasteiger partial charge is 0.325 e. The summed E-state index contributed by atoms with van der Waals surface area (Å²) in [6.45, 7) is 1.54. The third-order valence-corrected chi connectivity index (χ3v) is 2.01. The van der Waals surface area contributed by atoms with Gasteiger partial charge in [0, 0.05) is 12.3 Å². The molecule has 0 amide bonds. The molecule has 0 aromatic carbocycles. The van der Waals surface area contributed by atoms with Crippen LogP contribution in [0.1, 0.15) is 6.92 Å². The zero-order valence-corrected chi connectivity index (χ0v) is 7.97. The third-order valence-electron chi connectivity index (χ3n) is 2.01. The Bertz CT molecular complexity index is 494. The molecule has 2 heterocycles. The van der Waals surface area contributed by atoms with E-state index in [2.05, 4.69) is 15.5 Å². The summed E-state index contributed by atoms with van der Waals surface area (Å²) in [5.41, 5.74) is 0.574. The highest BCUT2D eigenvalue weighted by Gasteiger charge is 2.13. The summed E-state index contributed by atoms with van der Waals surface area (Å²) < 4.78 is 4.92. The van der Waals surface area contributed by atoms with E-state index in [0.29, 0.717) is 16.8 Å². The Hall–Kier alpha value is -2.11. The number of anilines is 1. The molecule has 2 aromatic heterocycles. The number of hydrogen-bond donors (Lipinski definition) is 2. The SMILES string of the molecule is CC(Nc1nccc2oncc12)C(=O)O. The number of rotatable bonds is 3. The molecule has 6 nitrogen and oxygen atoms in total. The molecule has 1 atom stereocenters. The van der Waals surface area contributed by atoms with E-state index in [-0.39, 0.29) is 0 Å². The van der Waals surface area contributed by atoms with Gasteiger partial charge in [-0.15, -0.1) is 0 Å². The Balaban J connectivity index is 2.35. The first kappa shape index (κ1) is 9.45. The van der Waals surface area contributed by atoms with E-state index in [0.717, 1.165) is 0 Å². The van der Waals surface area contributed by atoms with Crippen LogP contribution in [0, 0.1) is 0 Å². The summed E-state index contributed by atoms with van der Waals surface area (Å²) >= 11 is 0. The standard InChI is InChI=1S/C9H9N3O3/c1-5(9(13)14)12-8-6-4-11-15-7(6)2-3-10-8/h2-5H,1H3,(H,10,12)(H,13,14). The molecule has 0 saturated carbocycles. The lowest BCUT2D eigenvalue weighted by Gasteiger charge is -2.09. The van der Waals surface area contributed by atoms with Gasteiger partial charge in [-0.1, -0.05) is 5.16 Å². The van der Waals surface area contributed by atoms with Gasteiger partial charge < -0.3 is 14.9 Å². The number of nitrogens with zero attached hydrogens (tertiary/aromatic N) is 2. The monoisotopic (exact) mass is 207 g/mol. The lowest BCUT2D eigenvalue weighted by atomic mass is 10.3. The molecule has 0 aliphatic heterocycles. The van der Waals surface area contributed by atoms with E-state index in [9.17, 15) is 4.79 Å². The van der Waals surface area contributed by atoms with Crippen LogP contribution < -0.4 is 5.32 Å². The molecule has 78 valence electrons. The molecule has 6 heteroatoms. The number of nitrogens with one attached hydrogen (secondary N) is 1. The van der Waals surface area contributed by atoms with Crippen molar-refractivity contribution in [2.45, 2.75) is 13.0 Å². The minimum atomic E-state index is -0.940. The minimum absolute atomic E-state index is 0.462. The van der Waals surface area contributed by atoms with Crippen molar-refractivity contribution < 1.29 is 14.4 Å². The molecule has 0 fully saturated rings. The van der Waals surface area contributed by atoms with Crippen molar-refractivity contribution in [2.24, 2.45) is 0 Å². The Labute approximate surface area is 84.9 Å². The van der Waals surface area contributed by atoms with Crippen molar-refractivity contribution in [3.05, 3.63) is 18.5 Å². The van der Waals surface area contributed by atoms with E-state index in [1.54, 1.807) is 6.07 Å². The normalized spacial score (nSPS) is 12.6. The third kappa shape index (κ3) is 1.74. The molecule has 2 rings (SSSR count). The number of carboxylic acid groups (broad SMARTS) is 1. The van der Waals surface area contributed by atoms with Gasteiger partial charge in [-0.25, -0.2) is 4.98 Å². The average Bonchev–Trinajstić information content (AvgIpc) is 2.66. The topological polar surface area (TPSA) is 88.3 Å². The van der Waals surface area contributed by atoms with Crippen LogP contribution in [-0.2, 0) is 4.79 Å². The van der Waals surface area contributed by atoms with Crippen LogP contribution in [0.15, 0.2) is 23.0 Å². The predicted octanol–water partition coefficient (Wildman–Crippen LogP) is 1.11. The van der Waals surface area contributed by atoms with Gasteiger partial charge in [-0.05, 0) is 6.92 Å². The van der Waals surface area contributed by atoms with E-state index in [1.165, 1.54) is 19.3 Å². The molecule has 2 aromatic rings. The van der Waals surface area contributed by atoms with Crippen LogP contribution in [0.25, 0.3) is 11.0 Å². The van der Waals surface area contributed by atoms with Crippen LogP contribution in [0.5, 0.6) is 0 Å². The van der Waals surface area contributed by atoms with Crippen molar-refractivity contribution in [1.82, 2.24) is 10.1 Å². The lowest BCUT2D eigenvalue weighted by Crippen LogP contribution is -2.25. The molecular formula is C9H9N3O3. The highest BCUT2D eigenvalue weighted by molar-refractivity contribution is 5.89. The fourth-order valence-corrected chi connectivity index (χ4v) is 1.18. The summed E-state index contributed by atoms with van der Waals surface area (Å²) in [6.07, 6.45) is 3.03. The summed E-state index contributed by atoms with van der Waals surface area (Å²) in [5.74, 6) is -0.478. The molecule has 0 aliphatic carbocycles. The minimum Gasteiger partial charge on any atom is -0.480 e. The van der Waals surface area contributed by atoms with E-state index in [4.69, 9.17) is 9.63 Å². The van der Waals surface area contributed by atoms with Gasteiger partial charge in [0.2, 0.25) is 0 Å². The van der Waals surface area contributed by atoms with E-state index < -0.39 is 12.0 Å². The maximum absolute atomic E-state index is 10.6. The van der Waals surface area contributed by atoms with Crippen LogP contribution >= 0.6 is 0 Å². The zero-order chi connectivity index (χ0) is 10.8. The van der Waals surface area contributed by atoms with Crippen LogP contribution in [0.3, 0.4) is 0 Å². The summed E-state index contributed by atoms with van der Waals surface area (Å²) in [5, 5.41) is 15.8. The summed E-state index contributed by atoms with van der Waals surface area (Å²) in [4.78, 5) is 14.7. The zero-order valence-electron chi connectivity index (χ0n) is 7.97. The Morgan fingerprint density at radius 3 is 3.20 bits per heavy atom. The van der Waals surface area contributed by atoms with Crippen molar-refractivity contribution in [2.75, 3.05) is 5.32 Å². The first-order valence-electron chi connectivity index (χ1n) is 4.37. The molecule has 0 spiro atoms. The number of pyridine rings is 1. The molecule has 0 radical (unpaired) electrons. The van der Waals surface area contributed by atoms with Crippen molar-refractivity contribution in [1.29, 1.82) is 0 Å². The van der Waals surface area contributed by atoms with Gasteiger partial charge in [-0.3, -0.25) is 4.79 Å². The van der Waals surface area contributed by atoms with Crippen molar-refractivity contribution in [3.8, 4) is 0 Å². The largest absolute Gasteiger partial charge is 0.480 e. The average molecular weight is 207 g/mol. The Morgan fingerprint density at radius 2 is 2.47 bits per heavy atom. The second kappa shape index (κ2) is 3.56. The van der Waals surface area contributed by atoms with Crippen LogP contribution in [0.2, 0.25) is 0 Å². The maximum Gasteiger partial charge on any atom is 0.325 e. The van der Waals surface area contributed by atoms with Gasteiger partial charge in [0.15, 0.2) is 5.58 Å². The summed E-state index contributed by atoms with van der Waals surface area (Å²) in [6, 6.07) is 0.955. The highest BCUT2D eigenvalue weighted by Crippen LogP contribution is 2.20. The maximum atomic E-state index is 10.6.